The first-order chi connectivity index (χ1) is 9.15. The van der Waals surface area contributed by atoms with Gasteiger partial charge in [0, 0.05) is 17.1 Å². The Kier molecular flexibility index (Phi) is 4.76. The van der Waals surface area contributed by atoms with Gasteiger partial charge in [0.15, 0.2) is 5.11 Å². The minimum atomic E-state index is -0.353. The fourth-order valence-corrected chi connectivity index (χ4v) is 1.79. The van der Waals surface area contributed by atoms with Crippen molar-refractivity contribution in [1.29, 1.82) is 0 Å². The van der Waals surface area contributed by atoms with Gasteiger partial charge in [0.05, 0.1) is 12.8 Å². The maximum absolute atomic E-state index is 13.5. The summed E-state index contributed by atoms with van der Waals surface area (Å²) >= 11 is 10.8. The zero-order chi connectivity index (χ0) is 13.7. The Morgan fingerprint density at radius 3 is 2.74 bits per heavy atom. The second-order valence-electron chi connectivity index (χ2n) is 3.85. The summed E-state index contributed by atoms with van der Waals surface area (Å²) in [6.45, 7) is 0.787. The monoisotopic (exact) mass is 298 g/mol. The molecule has 1 aromatic carbocycles. The van der Waals surface area contributed by atoms with Crippen LogP contribution in [0.5, 0.6) is 0 Å². The number of thiocarbonyl (C=S) groups is 1. The van der Waals surface area contributed by atoms with E-state index in [9.17, 15) is 4.39 Å². The van der Waals surface area contributed by atoms with Gasteiger partial charge in [0.2, 0.25) is 0 Å². The average molecular weight is 299 g/mol. The summed E-state index contributed by atoms with van der Waals surface area (Å²) in [5.74, 6) is 0.427. The molecule has 0 fully saturated rings. The van der Waals surface area contributed by atoms with Gasteiger partial charge >= 0.3 is 0 Å². The van der Waals surface area contributed by atoms with E-state index in [-0.39, 0.29) is 5.82 Å². The zero-order valence-corrected chi connectivity index (χ0v) is 11.5. The minimum Gasteiger partial charge on any atom is -0.467 e. The first kappa shape index (κ1) is 13.8. The summed E-state index contributed by atoms with van der Waals surface area (Å²) in [6, 6.07) is 8.18. The number of furan rings is 1. The van der Waals surface area contributed by atoms with Gasteiger partial charge in [-0.1, -0.05) is 17.7 Å². The second kappa shape index (κ2) is 6.54. The fourth-order valence-electron chi connectivity index (χ4n) is 1.48. The van der Waals surface area contributed by atoms with Crippen LogP contribution in [0.2, 0.25) is 5.02 Å². The van der Waals surface area contributed by atoms with Gasteiger partial charge in [-0.2, -0.15) is 0 Å². The normalized spacial score (nSPS) is 10.2. The van der Waals surface area contributed by atoms with Crippen LogP contribution in [0.25, 0.3) is 0 Å². The van der Waals surface area contributed by atoms with Crippen LogP contribution in [0.3, 0.4) is 0 Å². The van der Waals surface area contributed by atoms with Gasteiger partial charge in [-0.05, 0) is 36.5 Å². The molecule has 0 amide bonds. The molecule has 6 heteroatoms. The van der Waals surface area contributed by atoms with E-state index in [1.54, 1.807) is 24.5 Å². The van der Waals surface area contributed by atoms with Gasteiger partial charge < -0.3 is 15.1 Å². The Bertz CT molecular complexity index is 560. The van der Waals surface area contributed by atoms with E-state index in [1.165, 1.54) is 6.07 Å². The molecule has 0 radical (unpaired) electrons. The molecule has 0 spiro atoms. The lowest BCUT2D eigenvalue weighted by Crippen LogP contribution is -2.34. The van der Waals surface area contributed by atoms with Crippen molar-refractivity contribution in [3.05, 3.63) is 58.8 Å². The van der Waals surface area contributed by atoms with Crippen molar-refractivity contribution in [2.45, 2.75) is 13.1 Å². The van der Waals surface area contributed by atoms with E-state index in [1.807, 2.05) is 6.07 Å². The molecule has 0 bridgehead atoms. The smallest absolute Gasteiger partial charge is 0.166 e. The third-order valence-electron chi connectivity index (χ3n) is 2.46. The van der Waals surface area contributed by atoms with Crippen LogP contribution in [0.15, 0.2) is 41.0 Å². The van der Waals surface area contributed by atoms with Gasteiger partial charge in [-0.25, -0.2) is 4.39 Å². The summed E-state index contributed by atoms with van der Waals surface area (Å²) < 4.78 is 18.7. The number of rotatable bonds is 4. The fraction of sp³-hybridized carbons (Fsp3) is 0.154. The van der Waals surface area contributed by atoms with Gasteiger partial charge in [-0.15, -0.1) is 0 Å². The van der Waals surface area contributed by atoms with E-state index < -0.39 is 0 Å². The van der Waals surface area contributed by atoms with E-state index in [4.69, 9.17) is 28.2 Å². The highest BCUT2D eigenvalue weighted by Crippen LogP contribution is 2.14. The summed E-state index contributed by atoms with van der Waals surface area (Å²) in [7, 11) is 0. The minimum absolute atomic E-state index is 0.299. The number of nitrogens with one attached hydrogen (secondary N) is 2. The van der Waals surface area contributed by atoms with Crippen LogP contribution in [0.1, 0.15) is 11.3 Å². The third-order valence-corrected chi connectivity index (χ3v) is 2.98. The van der Waals surface area contributed by atoms with Crippen LogP contribution in [-0.2, 0) is 13.1 Å². The summed E-state index contributed by atoms with van der Waals surface area (Å²) in [5.41, 5.74) is 0.506. The lowest BCUT2D eigenvalue weighted by molar-refractivity contribution is 0.502. The largest absolute Gasteiger partial charge is 0.467 e. The van der Waals surface area contributed by atoms with Gasteiger partial charge in [0.25, 0.3) is 0 Å². The van der Waals surface area contributed by atoms with Crippen molar-refractivity contribution in [2.24, 2.45) is 0 Å². The lowest BCUT2D eigenvalue weighted by atomic mass is 10.2. The molecule has 2 N–H and O–H groups in total. The highest BCUT2D eigenvalue weighted by Gasteiger charge is 2.04. The molecule has 0 aliphatic rings. The van der Waals surface area contributed by atoms with E-state index in [0.717, 1.165) is 5.76 Å². The highest BCUT2D eigenvalue weighted by atomic mass is 35.5. The zero-order valence-electron chi connectivity index (χ0n) is 9.95. The molecular weight excluding hydrogens is 287 g/mol. The molecule has 0 saturated carbocycles. The first-order valence-corrected chi connectivity index (χ1v) is 6.42. The number of hydrogen-bond acceptors (Lipinski definition) is 2. The predicted molar refractivity (Wildman–Crippen MR) is 76.4 cm³/mol. The third kappa shape index (κ3) is 4.22. The number of hydrogen-bond donors (Lipinski definition) is 2. The molecule has 100 valence electrons. The average Bonchev–Trinajstić information content (AvgIpc) is 2.88. The molecule has 2 aromatic rings. The van der Waals surface area contributed by atoms with Crippen LogP contribution in [0.4, 0.5) is 4.39 Å². The van der Waals surface area contributed by atoms with Crippen LogP contribution in [0, 0.1) is 5.82 Å². The predicted octanol–water partition coefficient (Wildman–Crippen LogP) is 3.24. The van der Waals surface area contributed by atoms with E-state index in [2.05, 4.69) is 10.6 Å². The van der Waals surface area contributed by atoms with Crippen LogP contribution >= 0.6 is 23.8 Å². The van der Waals surface area contributed by atoms with Crippen molar-refractivity contribution >= 4 is 28.9 Å². The maximum Gasteiger partial charge on any atom is 0.166 e. The molecule has 0 atom stereocenters. The number of benzene rings is 1. The molecule has 0 saturated heterocycles. The molecule has 3 nitrogen and oxygen atoms in total. The van der Waals surface area contributed by atoms with Crippen LogP contribution in [-0.4, -0.2) is 5.11 Å². The Labute approximate surface area is 120 Å². The second-order valence-corrected chi connectivity index (χ2v) is 4.70. The molecule has 0 aliphatic heterocycles. The topological polar surface area (TPSA) is 37.2 Å². The molecule has 1 aromatic heterocycles. The first-order valence-electron chi connectivity index (χ1n) is 5.63. The molecule has 19 heavy (non-hydrogen) atoms. The Morgan fingerprint density at radius 1 is 1.26 bits per heavy atom. The summed E-state index contributed by atoms with van der Waals surface area (Å²) in [5, 5.41) is 6.69. The Balaban J connectivity index is 1.80. The van der Waals surface area contributed by atoms with Crippen molar-refractivity contribution < 1.29 is 8.81 Å². The maximum atomic E-state index is 13.5. The summed E-state index contributed by atoms with van der Waals surface area (Å²) in [6.07, 6.45) is 1.59. The lowest BCUT2D eigenvalue weighted by Gasteiger charge is -2.10. The van der Waals surface area contributed by atoms with Gasteiger partial charge in [-0.3, -0.25) is 0 Å². The Morgan fingerprint density at radius 2 is 2.05 bits per heavy atom. The molecular formula is C13H12ClFN2OS. The van der Waals surface area contributed by atoms with Crippen molar-refractivity contribution in [3.8, 4) is 0 Å². The van der Waals surface area contributed by atoms with Crippen molar-refractivity contribution in [1.82, 2.24) is 10.6 Å². The Hall–Kier alpha value is -1.59. The summed E-state index contributed by atoms with van der Waals surface area (Å²) in [4.78, 5) is 0. The van der Waals surface area contributed by atoms with E-state index >= 15 is 0 Å². The van der Waals surface area contributed by atoms with Crippen LogP contribution < -0.4 is 10.6 Å². The SMILES string of the molecule is Fc1cc(Cl)ccc1CNC(=S)NCc1ccco1. The quantitative estimate of drug-likeness (QED) is 0.850. The number of halogens is 2. The van der Waals surface area contributed by atoms with Gasteiger partial charge in [0.1, 0.15) is 11.6 Å². The van der Waals surface area contributed by atoms with Crippen molar-refractivity contribution in [3.63, 3.8) is 0 Å². The molecule has 1 heterocycles. The van der Waals surface area contributed by atoms with E-state index in [0.29, 0.717) is 28.8 Å². The standard InChI is InChI=1S/C13H12ClFN2OS/c14-10-4-3-9(12(15)6-10)7-16-13(19)17-8-11-2-1-5-18-11/h1-6H,7-8H2,(H2,16,17,19). The molecule has 0 aliphatic carbocycles. The van der Waals surface area contributed by atoms with Crippen molar-refractivity contribution in [2.75, 3.05) is 0 Å². The highest BCUT2D eigenvalue weighted by molar-refractivity contribution is 7.80. The molecule has 2 rings (SSSR count). The molecule has 0 unspecified atom stereocenters.